The second-order valence-electron chi connectivity index (χ2n) is 6.28. The Morgan fingerprint density at radius 2 is 1.96 bits per heavy atom. The quantitative estimate of drug-likeness (QED) is 0.653. The SMILES string of the molecule is Cc1nn(C)c(C)c1NC(=O)CSc1nc(Cc2ccccc2)c(C)[nH]1. The standard InChI is InChI=1S/C19H23N5OS/c1-12-16(10-15-8-6-5-7-9-15)21-19(20-12)26-11-17(25)22-18-13(2)23-24(4)14(18)3/h5-9H,10-11H2,1-4H3,(H,20,21)(H,22,25). The van der Waals surface area contributed by atoms with Crippen LogP contribution in [0.5, 0.6) is 0 Å². The first kappa shape index (κ1) is 18.3. The van der Waals surface area contributed by atoms with Gasteiger partial charge in [-0.25, -0.2) is 4.98 Å². The number of amides is 1. The predicted molar refractivity (Wildman–Crippen MR) is 105 cm³/mol. The van der Waals surface area contributed by atoms with Crippen LogP contribution < -0.4 is 5.32 Å². The Balaban J connectivity index is 1.59. The summed E-state index contributed by atoms with van der Waals surface area (Å²) in [4.78, 5) is 20.2. The summed E-state index contributed by atoms with van der Waals surface area (Å²) in [5, 5.41) is 8.03. The summed E-state index contributed by atoms with van der Waals surface area (Å²) in [5.41, 5.74) is 5.83. The Bertz CT molecular complexity index is 914. The molecule has 0 atom stereocenters. The van der Waals surface area contributed by atoms with E-state index in [0.29, 0.717) is 5.75 Å². The fraction of sp³-hybridized carbons (Fsp3) is 0.316. The molecule has 6 nitrogen and oxygen atoms in total. The summed E-state index contributed by atoms with van der Waals surface area (Å²) in [6.07, 6.45) is 0.782. The van der Waals surface area contributed by atoms with Crippen LogP contribution in [0.2, 0.25) is 0 Å². The zero-order valence-corrected chi connectivity index (χ0v) is 16.3. The lowest BCUT2D eigenvalue weighted by Crippen LogP contribution is -2.15. The molecule has 0 aliphatic carbocycles. The molecule has 0 saturated carbocycles. The average molecular weight is 369 g/mol. The molecule has 0 aliphatic rings. The molecule has 1 aromatic carbocycles. The third-order valence-corrected chi connectivity index (χ3v) is 5.16. The maximum atomic E-state index is 12.3. The molecule has 0 unspecified atom stereocenters. The van der Waals surface area contributed by atoms with Crippen LogP contribution in [-0.2, 0) is 18.3 Å². The van der Waals surface area contributed by atoms with Crippen LogP contribution >= 0.6 is 11.8 Å². The lowest BCUT2D eigenvalue weighted by atomic mass is 10.1. The number of anilines is 1. The monoisotopic (exact) mass is 369 g/mol. The van der Waals surface area contributed by atoms with Crippen molar-refractivity contribution in [1.82, 2.24) is 19.7 Å². The molecule has 0 radical (unpaired) electrons. The molecule has 0 saturated heterocycles. The van der Waals surface area contributed by atoms with E-state index in [1.54, 1.807) is 4.68 Å². The third kappa shape index (κ3) is 4.16. The number of hydrogen-bond acceptors (Lipinski definition) is 4. The normalized spacial score (nSPS) is 10.9. The van der Waals surface area contributed by atoms with Crippen LogP contribution in [0.1, 0.15) is 28.3 Å². The van der Waals surface area contributed by atoms with Crippen LogP contribution in [0.4, 0.5) is 5.69 Å². The molecule has 3 aromatic rings. The number of thioether (sulfide) groups is 1. The van der Waals surface area contributed by atoms with E-state index in [9.17, 15) is 4.79 Å². The lowest BCUT2D eigenvalue weighted by Gasteiger charge is -2.04. The molecule has 0 fully saturated rings. The molecule has 0 aliphatic heterocycles. The number of carbonyl (C=O) groups is 1. The van der Waals surface area contributed by atoms with Crippen LogP contribution in [0.15, 0.2) is 35.5 Å². The number of nitrogens with zero attached hydrogens (tertiary/aromatic N) is 3. The van der Waals surface area contributed by atoms with Crippen molar-refractivity contribution in [3.63, 3.8) is 0 Å². The number of aryl methyl sites for hydroxylation is 3. The first-order chi connectivity index (χ1) is 12.4. The van der Waals surface area contributed by atoms with E-state index in [1.165, 1.54) is 17.3 Å². The van der Waals surface area contributed by atoms with Crippen molar-refractivity contribution >= 4 is 23.4 Å². The highest BCUT2D eigenvalue weighted by molar-refractivity contribution is 7.99. The molecule has 0 spiro atoms. The largest absolute Gasteiger partial charge is 0.337 e. The van der Waals surface area contributed by atoms with E-state index in [-0.39, 0.29) is 5.91 Å². The summed E-state index contributed by atoms with van der Waals surface area (Å²) in [7, 11) is 1.87. The highest BCUT2D eigenvalue weighted by atomic mass is 32.2. The second kappa shape index (κ2) is 7.78. The number of benzene rings is 1. The van der Waals surface area contributed by atoms with Crippen molar-refractivity contribution in [3.05, 3.63) is 58.7 Å². The Labute approximate surface area is 157 Å². The van der Waals surface area contributed by atoms with Gasteiger partial charge < -0.3 is 10.3 Å². The van der Waals surface area contributed by atoms with Gasteiger partial charge in [0.05, 0.1) is 28.5 Å². The smallest absolute Gasteiger partial charge is 0.234 e. The van der Waals surface area contributed by atoms with E-state index in [1.807, 2.05) is 46.0 Å². The van der Waals surface area contributed by atoms with Crippen molar-refractivity contribution < 1.29 is 4.79 Å². The van der Waals surface area contributed by atoms with Gasteiger partial charge in [0.1, 0.15) is 0 Å². The van der Waals surface area contributed by atoms with E-state index in [4.69, 9.17) is 0 Å². The van der Waals surface area contributed by atoms with Gasteiger partial charge in [0.15, 0.2) is 5.16 Å². The molecule has 3 rings (SSSR count). The number of rotatable bonds is 6. The Kier molecular flexibility index (Phi) is 5.46. The average Bonchev–Trinajstić information content (AvgIpc) is 3.08. The van der Waals surface area contributed by atoms with Crippen LogP contribution in [0, 0.1) is 20.8 Å². The van der Waals surface area contributed by atoms with Crippen LogP contribution in [0.25, 0.3) is 0 Å². The number of hydrogen-bond donors (Lipinski definition) is 2. The van der Waals surface area contributed by atoms with Gasteiger partial charge in [-0.2, -0.15) is 5.10 Å². The van der Waals surface area contributed by atoms with E-state index in [2.05, 4.69) is 32.5 Å². The van der Waals surface area contributed by atoms with Gasteiger partial charge in [-0.1, -0.05) is 42.1 Å². The van der Waals surface area contributed by atoms with Crippen molar-refractivity contribution in [3.8, 4) is 0 Å². The molecule has 1 amide bonds. The van der Waals surface area contributed by atoms with Gasteiger partial charge in [0.2, 0.25) is 5.91 Å². The minimum atomic E-state index is -0.0622. The first-order valence-corrected chi connectivity index (χ1v) is 9.45. The van der Waals surface area contributed by atoms with E-state index >= 15 is 0 Å². The Morgan fingerprint density at radius 3 is 2.62 bits per heavy atom. The topological polar surface area (TPSA) is 75.6 Å². The molecule has 7 heteroatoms. The lowest BCUT2D eigenvalue weighted by molar-refractivity contribution is -0.113. The highest BCUT2D eigenvalue weighted by Gasteiger charge is 2.14. The van der Waals surface area contributed by atoms with Crippen LogP contribution in [0.3, 0.4) is 0 Å². The van der Waals surface area contributed by atoms with E-state index in [0.717, 1.165) is 40.0 Å². The summed E-state index contributed by atoms with van der Waals surface area (Å²) in [5.74, 6) is 0.235. The van der Waals surface area contributed by atoms with Gasteiger partial charge in [-0.05, 0) is 26.3 Å². The molecular weight excluding hydrogens is 346 g/mol. The Morgan fingerprint density at radius 1 is 1.23 bits per heavy atom. The molecule has 136 valence electrons. The number of carbonyl (C=O) groups excluding carboxylic acids is 1. The Hall–Kier alpha value is -2.54. The molecular formula is C19H23N5OS. The van der Waals surface area contributed by atoms with Gasteiger partial charge in [0, 0.05) is 19.2 Å². The van der Waals surface area contributed by atoms with Crippen molar-refractivity contribution in [2.45, 2.75) is 32.3 Å². The fourth-order valence-electron chi connectivity index (χ4n) is 2.76. The fourth-order valence-corrected chi connectivity index (χ4v) is 3.50. The summed E-state index contributed by atoms with van der Waals surface area (Å²) in [6.45, 7) is 5.84. The first-order valence-electron chi connectivity index (χ1n) is 8.46. The third-order valence-electron chi connectivity index (χ3n) is 4.29. The van der Waals surface area contributed by atoms with Crippen molar-refractivity contribution in [2.24, 2.45) is 7.05 Å². The van der Waals surface area contributed by atoms with Crippen LogP contribution in [-0.4, -0.2) is 31.4 Å². The van der Waals surface area contributed by atoms with Crippen molar-refractivity contribution in [2.75, 3.05) is 11.1 Å². The minimum Gasteiger partial charge on any atom is -0.337 e. The zero-order chi connectivity index (χ0) is 18.7. The number of aromatic nitrogens is 4. The number of aromatic amines is 1. The minimum absolute atomic E-state index is 0.0622. The molecule has 2 N–H and O–H groups in total. The summed E-state index contributed by atoms with van der Waals surface area (Å²) < 4.78 is 1.77. The second-order valence-corrected chi connectivity index (χ2v) is 7.25. The van der Waals surface area contributed by atoms with Gasteiger partial charge in [-0.3, -0.25) is 9.48 Å². The number of H-pyrrole nitrogens is 1. The summed E-state index contributed by atoms with van der Waals surface area (Å²) in [6, 6.07) is 10.2. The van der Waals surface area contributed by atoms with Gasteiger partial charge in [0.25, 0.3) is 0 Å². The van der Waals surface area contributed by atoms with Gasteiger partial charge in [-0.15, -0.1) is 0 Å². The van der Waals surface area contributed by atoms with Crippen molar-refractivity contribution in [1.29, 1.82) is 0 Å². The molecule has 0 bridgehead atoms. The summed E-state index contributed by atoms with van der Waals surface area (Å²) >= 11 is 1.41. The molecule has 26 heavy (non-hydrogen) atoms. The zero-order valence-electron chi connectivity index (χ0n) is 15.5. The highest BCUT2D eigenvalue weighted by Crippen LogP contribution is 2.21. The van der Waals surface area contributed by atoms with Gasteiger partial charge >= 0.3 is 0 Å². The maximum absolute atomic E-state index is 12.3. The number of imidazole rings is 1. The molecule has 2 aromatic heterocycles. The maximum Gasteiger partial charge on any atom is 0.234 e. The number of nitrogens with one attached hydrogen (secondary N) is 2. The predicted octanol–water partition coefficient (Wildman–Crippen LogP) is 3.39. The molecule has 2 heterocycles. The van der Waals surface area contributed by atoms with E-state index < -0.39 is 0 Å².